The molecule has 102 valence electrons. The molecule has 0 spiro atoms. The molecule has 2 aromatic carbocycles. The maximum atomic E-state index is 13.2. The lowest BCUT2D eigenvalue weighted by atomic mass is 10.1. The lowest BCUT2D eigenvalue weighted by molar-refractivity contribution is 0.629. The number of rotatable bonds is 3. The molecule has 0 saturated carbocycles. The van der Waals surface area contributed by atoms with Crippen LogP contribution in [0.5, 0.6) is 0 Å². The predicted molar refractivity (Wildman–Crippen MR) is 82.4 cm³/mol. The Morgan fingerprint density at radius 1 is 1.10 bits per heavy atom. The van der Waals surface area contributed by atoms with Crippen molar-refractivity contribution in [1.29, 1.82) is 0 Å². The Kier molecular flexibility index (Phi) is 3.72. The molecule has 0 fully saturated rings. The van der Waals surface area contributed by atoms with Gasteiger partial charge in [-0.05, 0) is 47.3 Å². The Hall–Kier alpha value is -1.46. The summed E-state index contributed by atoms with van der Waals surface area (Å²) in [6, 6.07) is 14.1. The molecule has 1 unspecified atom stereocenters. The van der Waals surface area contributed by atoms with Crippen molar-refractivity contribution in [2.24, 2.45) is 5.84 Å². The summed E-state index contributed by atoms with van der Waals surface area (Å²) in [5.41, 5.74) is 3.82. The van der Waals surface area contributed by atoms with Crippen molar-refractivity contribution < 1.29 is 4.39 Å². The number of hydrogen-bond acceptors (Lipinski definition) is 3. The van der Waals surface area contributed by atoms with Crippen LogP contribution in [0.2, 0.25) is 5.02 Å². The second kappa shape index (κ2) is 5.50. The molecule has 3 aromatic rings. The van der Waals surface area contributed by atoms with Gasteiger partial charge in [-0.3, -0.25) is 5.84 Å². The number of thiophene rings is 1. The van der Waals surface area contributed by atoms with Gasteiger partial charge in [-0.15, -0.1) is 11.3 Å². The average Bonchev–Trinajstić information content (AvgIpc) is 2.84. The third kappa shape index (κ3) is 2.55. The largest absolute Gasteiger partial charge is 0.271 e. The molecule has 0 aliphatic carbocycles. The second-order valence-electron chi connectivity index (χ2n) is 4.48. The molecule has 3 N–H and O–H groups in total. The third-order valence-corrected chi connectivity index (χ3v) is 4.58. The molecule has 0 saturated heterocycles. The third-order valence-electron chi connectivity index (χ3n) is 3.15. The monoisotopic (exact) mass is 306 g/mol. The molecule has 1 heterocycles. The molecule has 1 atom stereocenters. The fourth-order valence-electron chi connectivity index (χ4n) is 2.17. The second-order valence-corrected chi connectivity index (χ2v) is 6.03. The minimum Gasteiger partial charge on any atom is -0.271 e. The molecule has 5 heteroatoms. The molecule has 0 aliphatic rings. The normalized spacial score (nSPS) is 12.8. The van der Waals surface area contributed by atoms with Crippen molar-refractivity contribution >= 4 is 33.0 Å². The maximum Gasteiger partial charge on any atom is 0.123 e. The van der Waals surface area contributed by atoms with E-state index in [1.807, 2.05) is 30.3 Å². The van der Waals surface area contributed by atoms with Crippen LogP contribution in [0, 0.1) is 5.82 Å². The van der Waals surface area contributed by atoms with Gasteiger partial charge in [0.05, 0.1) is 6.04 Å². The molecule has 3 rings (SSSR count). The van der Waals surface area contributed by atoms with Crippen LogP contribution in [0.4, 0.5) is 4.39 Å². The van der Waals surface area contributed by atoms with Crippen molar-refractivity contribution in [3.8, 4) is 0 Å². The number of fused-ring (bicyclic) bond motifs is 1. The maximum absolute atomic E-state index is 13.2. The summed E-state index contributed by atoms with van der Waals surface area (Å²) in [6.07, 6.45) is 0. The summed E-state index contributed by atoms with van der Waals surface area (Å²) in [5.74, 6) is 5.45. The van der Waals surface area contributed by atoms with Crippen molar-refractivity contribution in [2.45, 2.75) is 6.04 Å². The van der Waals surface area contributed by atoms with Gasteiger partial charge >= 0.3 is 0 Å². The minimum absolute atomic E-state index is 0.132. The SMILES string of the molecule is NNC(c1ccc(Cl)cc1)c1cc2cc(F)ccc2s1. The van der Waals surface area contributed by atoms with E-state index in [9.17, 15) is 4.39 Å². The van der Waals surface area contributed by atoms with E-state index in [4.69, 9.17) is 17.4 Å². The van der Waals surface area contributed by atoms with E-state index in [0.717, 1.165) is 20.5 Å². The fourth-order valence-corrected chi connectivity index (χ4v) is 3.43. The topological polar surface area (TPSA) is 38.0 Å². The van der Waals surface area contributed by atoms with Gasteiger partial charge in [0, 0.05) is 14.6 Å². The smallest absolute Gasteiger partial charge is 0.123 e. The van der Waals surface area contributed by atoms with Crippen molar-refractivity contribution in [3.05, 3.63) is 69.8 Å². The van der Waals surface area contributed by atoms with Crippen molar-refractivity contribution in [2.75, 3.05) is 0 Å². The zero-order valence-electron chi connectivity index (χ0n) is 10.4. The Bertz CT molecular complexity index is 739. The Labute approximate surface area is 125 Å². The highest BCUT2D eigenvalue weighted by molar-refractivity contribution is 7.19. The standard InChI is InChI=1S/C15H12ClFN2S/c16-11-3-1-9(2-4-11)15(19-18)14-8-10-7-12(17)5-6-13(10)20-14/h1-8,15,19H,18H2. The molecule has 2 nitrogen and oxygen atoms in total. The summed E-state index contributed by atoms with van der Waals surface area (Å²) < 4.78 is 14.3. The van der Waals surface area contributed by atoms with E-state index < -0.39 is 0 Å². The molecule has 0 amide bonds. The van der Waals surface area contributed by atoms with Gasteiger partial charge in [0.15, 0.2) is 0 Å². The van der Waals surface area contributed by atoms with Crippen LogP contribution in [-0.4, -0.2) is 0 Å². The average molecular weight is 307 g/mol. The highest BCUT2D eigenvalue weighted by Gasteiger charge is 2.15. The van der Waals surface area contributed by atoms with E-state index in [2.05, 4.69) is 5.43 Å². The molecule has 0 bridgehead atoms. The Balaban J connectivity index is 2.04. The number of hydrazine groups is 1. The summed E-state index contributed by atoms with van der Waals surface area (Å²) in [4.78, 5) is 1.04. The quantitative estimate of drug-likeness (QED) is 0.561. The van der Waals surface area contributed by atoms with Crippen molar-refractivity contribution in [1.82, 2.24) is 5.43 Å². The molecule has 0 aliphatic heterocycles. The van der Waals surface area contributed by atoms with Crippen LogP contribution >= 0.6 is 22.9 Å². The molecule has 20 heavy (non-hydrogen) atoms. The Morgan fingerprint density at radius 3 is 2.55 bits per heavy atom. The van der Waals surface area contributed by atoms with Crippen LogP contribution in [0.15, 0.2) is 48.5 Å². The summed E-state index contributed by atoms with van der Waals surface area (Å²) in [5, 5.41) is 1.57. The van der Waals surface area contributed by atoms with Crippen molar-refractivity contribution in [3.63, 3.8) is 0 Å². The van der Waals surface area contributed by atoms with Crippen LogP contribution < -0.4 is 11.3 Å². The van der Waals surface area contributed by atoms with Gasteiger partial charge in [-0.1, -0.05) is 23.7 Å². The summed E-state index contributed by atoms with van der Waals surface area (Å²) in [6.45, 7) is 0. The minimum atomic E-state index is -0.231. The van der Waals surface area contributed by atoms with E-state index in [0.29, 0.717) is 5.02 Å². The van der Waals surface area contributed by atoms with E-state index >= 15 is 0 Å². The first-order valence-corrected chi connectivity index (χ1v) is 7.27. The molecule has 1 aromatic heterocycles. The lowest BCUT2D eigenvalue weighted by Gasteiger charge is -2.14. The molecular weight excluding hydrogens is 295 g/mol. The predicted octanol–water partition coefficient (Wildman–Crippen LogP) is 4.25. The number of benzene rings is 2. The van der Waals surface area contributed by atoms with Gasteiger partial charge in [0.1, 0.15) is 5.82 Å². The summed E-state index contributed by atoms with van der Waals surface area (Å²) >= 11 is 7.49. The number of nitrogens with one attached hydrogen (secondary N) is 1. The van der Waals surface area contributed by atoms with Crippen LogP contribution in [-0.2, 0) is 0 Å². The van der Waals surface area contributed by atoms with E-state index in [1.54, 1.807) is 17.4 Å². The molecular formula is C15H12ClFN2S. The van der Waals surface area contributed by atoms with Gasteiger partial charge < -0.3 is 0 Å². The fraction of sp³-hybridized carbons (Fsp3) is 0.0667. The lowest BCUT2D eigenvalue weighted by Crippen LogP contribution is -2.28. The van der Waals surface area contributed by atoms with Crippen LogP contribution in [0.1, 0.15) is 16.5 Å². The molecule has 0 radical (unpaired) electrons. The van der Waals surface area contributed by atoms with Gasteiger partial charge in [0.2, 0.25) is 0 Å². The zero-order chi connectivity index (χ0) is 14.1. The first-order chi connectivity index (χ1) is 9.67. The van der Waals surface area contributed by atoms with Gasteiger partial charge in [-0.25, -0.2) is 9.82 Å². The number of hydrogen-bond donors (Lipinski definition) is 2. The highest BCUT2D eigenvalue weighted by Crippen LogP contribution is 2.33. The van der Waals surface area contributed by atoms with Crippen LogP contribution in [0.3, 0.4) is 0 Å². The van der Waals surface area contributed by atoms with Crippen LogP contribution in [0.25, 0.3) is 10.1 Å². The van der Waals surface area contributed by atoms with E-state index in [1.165, 1.54) is 12.1 Å². The number of halogens is 2. The highest BCUT2D eigenvalue weighted by atomic mass is 35.5. The first kappa shape index (κ1) is 13.5. The van der Waals surface area contributed by atoms with E-state index in [-0.39, 0.29) is 11.9 Å². The van der Waals surface area contributed by atoms with Gasteiger partial charge in [-0.2, -0.15) is 0 Å². The summed E-state index contributed by atoms with van der Waals surface area (Å²) in [7, 11) is 0. The Morgan fingerprint density at radius 2 is 1.85 bits per heavy atom. The number of nitrogens with two attached hydrogens (primary N) is 1. The van der Waals surface area contributed by atoms with Gasteiger partial charge in [0.25, 0.3) is 0 Å². The zero-order valence-corrected chi connectivity index (χ0v) is 12.0. The first-order valence-electron chi connectivity index (χ1n) is 6.08.